The number of benzene rings is 1. The molecule has 0 atom stereocenters. The number of rotatable bonds is 4. The van der Waals surface area contributed by atoms with Gasteiger partial charge in [0.05, 0.1) is 11.7 Å². The highest BCUT2D eigenvalue weighted by Gasteiger charge is 2.12. The quantitative estimate of drug-likeness (QED) is 0.750. The normalized spacial score (nSPS) is 12.8. The van der Waals surface area contributed by atoms with Crippen molar-refractivity contribution >= 4 is 17.5 Å². The fourth-order valence-corrected chi connectivity index (χ4v) is 2.55. The largest absolute Gasteiger partial charge is 0.454 e. The summed E-state index contributed by atoms with van der Waals surface area (Å²) in [6, 6.07) is 11.4. The number of nitrogens with zero attached hydrogens (tertiary/aromatic N) is 2. The average molecular weight is 321 g/mol. The first-order chi connectivity index (χ1) is 11.8. The Bertz CT molecular complexity index is 930. The van der Waals surface area contributed by atoms with Gasteiger partial charge in [0, 0.05) is 24.4 Å². The molecular weight excluding hydrogens is 306 g/mol. The number of hydrogen-bond donors (Lipinski definition) is 1. The molecule has 0 fully saturated rings. The van der Waals surface area contributed by atoms with E-state index in [1.165, 1.54) is 6.08 Å². The third-order valence-electron chi connectivity index (χ3n) is 3.78. The molecule has 24 heavy (non-hydrogen) atoms. The number of fused-ring (bicyclic) bond motifs is 2. The van der Waals surface area contributed by atoms with Gasteiger partial charge in [-0.2, -0.15) is 5.10 Å². The van der Waals surface area contributed by atoms with Crippen LogP contribution < -0.4 is 14.8 Å². The van der Waals surface area contributed by atoms with Crippen LogP contribution in [0.1, 0.15) is 11.1 Å². The number of aromatic nitrogens is 2. The zero-order chi connectivity index (χ0) is 16.4. The van der Waals surface area contributed by atoms with Crippen molar-refractivity contribution in [2.24, 2.45) is 0 Å². The molecule has 3 heterocycles. The van der Waals surface area contributed by atoms with Crippen LogP contribution in [-0.2, 0) is 11.3 Å². The maximum atomic E-state index is 12.0. The molecule has 6 nitrogen and oxygen atoms in total. The maximum absolute atomic E-state index is 12.0. The van der Waals surface area contributed by atoms with Gasteiger partial charge in [-0.05, 0) is 35.9 Å². The van der Waals surface area contributed by atoms with Crippen LogP contribution in [0, 0.1) is 0 Å². The van der Waals surface area contributed by atoms with Gasteiger partial charge in [-0.3, -0.25) is 4.79 Å². The summed E-state index contributed by atoms with van der Waals surface area (Å²) in [5.41, 5.74) is 2.84. The molecule has 2 aromatic heterocycles. The second kappa shape index (κ2) is 6.08. The third kappa shape index (κ3) is 2.81. The standard InChI is InChI=1S/C18H15N3O3/c22-18(7-5-13-4-6-16-17(9-13)24-12-23-16)19-10-14-11-20-21-8-2-1-3-15(14)21/h1-9,11H,10,12H2,(H,19,22). The highest BCUT2D eigenvalue weighted by atomic mass is 16.7. The Kier molecular flexibility index (Phi) is 3.63. The van der Waals surface area contributed by atoms with Gasteiger partial charge in [-0.25, -0.2) is 4.52 Å². The first kappa shape index (κ1) is 14.3. The summed E-state index contributed by atoms with van der Waals surface area (Å²) in [5.74, 6) is 1.26. The maximum Gasteiger partial charge on any atom is 0.244 e. The summed E-state index contributed by atoms with van der Waals surface area (Å²) < 4.78 is 12.4. The number of amides is 1. The van der Waals surface area contributed by atoms with Gasteiger partial charge in [-0.1, -0.05) is 12.1 Å². The number of pyridine rings is 1. The van der Waals surface area contributed by atoms with E-state index in [1.807, 2.05) is 42.6 Å². The molecule has 0 saturated heterocycles. The van der Waals surface area contributed by atoms with E-state index in [0.29, 0.717) is 12.3 Å². The van der Waals surface area contributed by atoms with Crippen molar-refractivity contribution in [1.29, 1.82) is 0 Å². The predicted molar refractivity (Wildman–Crippen MR) is 88.6 cm³/mol. The van der Waals surface area contributed by atoms with Gasteiger partial charge in [0.2, 0.25) is 12.7 Å². The summed E-state index contributed by atoms with van der Waals surface area (Å²) in [5, 5.41) is 7.11. The number of nitrogens with one attached hydrogen (secondary N) is 1. The first-order valence-electron chi connectivity index (χ1n) is 7.56. The van der Waals surface area contributed by atoms with E-state index < -0.39 is 0 Å². The van der Waals surface area contributed by atoms with Crippen LogP contribution in [0.2, 0.25) is 0 Å². The van der Waals surface area contributed by atoms with E-state index in [1.54, 1.807) is 16.8 Å². The van der Waals surface area contributed by atoms with Crippen molar-refractivity contribution in [2.45, 2.75) is 6.54 Å². The molecule has 0 radical (unpaired) electrons. The fraction of sp³-hybridized carbons (Fsp3) is 0.111. The molecule has 1 aliphatic heterocycles. The van der Waals surface area contributed by atoms with Crippen molar-refractivity contribution in [3.63, 3.8) is 0 Å². The van der Waals surface area contributed by atoms with Crippen LogP contribution in [0.4, 0.5) is 0 Å². The topological polar surface area (TPSA) is 64.9 Å². The molecule has 0 unspecified atom stereocenters. The minimum atomic E-state index is -0.164. The van der Waals surface area contributed by atoms with Crippen LogP contribution in [0.3, 0.4) is 0 Å². The van der Waals surface area contributed by atoms with E-state index in [-0.39, 0.29) is 12.7 Å². The second-order valence-corrected chi connectivity index (χ2v) is 5.36. The lowest BCUT2D eigenvalue weighted by Crippen LogP contribution is -2.20. The van der Waals surface area contributed by atoms with E-state index in [2.05, 4.69) is 10.4 Å². The van der Waals surface area contributed by atoms with Gasteiger partial charge in [0.1, 0.15) is 0 Å². The lowest BCUT2D eigenvalue weighted by molar-refractivity contribution is -0.116. The zero-order valence-electron chi connectivity index (χ0n) is 12.8. The lowest BCUT2D eigenvalue weighted by atomic mass is 10.2. The Morgan fingerprint density at radius 1 is 1.25 bits per heavy atom. The summed E-state index contributed by atoms with van der Waals surface area (Å²) in [6.07, 6.45) is 6.88. The van der Waals surface area contributed by atoms with Gasteiger partial charge in [-0.15, -0.1) is 0 Å². The third-order valence-corrected chi connectivity index (χ3v) is 3.78. The number of carbonyl (C=O) groups is 1. The smallest absolute Gasteiger partial charge is 0.244 e. The molecule has 120 valence electrons. The summed E-state index contributed by atoms with van der Waals surface area (Å²) in [4.78, 5) is 12.0. The van der Waals surface area contributed by atoms with Crippen LogP contribution >= 0.6 is 0 Å². The molecule has 3 aromatic rings. The molecule has 6 heteroatoms. The van der Waals surface area contributed by atoms with Crippen molar-refractivity contribution in [3.05, 3.63) is 66.0 Å². The summed E-state index contributed by atoms with van der Waals surface area (Å²) in [6.45, 7) is 0.667. The average Bonchev–Trinajstić information content (AvgIpc) is 3.24. The molecule has 4 rings (SSSR count). The van der Waals surface area contributed by atoms with Gasteiger partial charge in [0.15, 0.2) is 11.5 Å². The number of hydrogen-bond acceptors (Lipinski definition) is 4. The first-order valence-corrected chi connectivity index (χ1v) is 7.56. The number of ether oxygens (including phenoxy) is 2. The fourth-order valence-electron chi connectivity index (χ4n) is 2.55. The molecule has 0 spiro atoms. The summed E-state index contributed by atoms with van der Waals surface area (Å²) >= 11 is 0. The molecule has 0 saturated carbocycles. The van der Waals surface area contributed by atoms with Crippen molar-refractivity contribution in [1.82, 2.24) is 14.9 Å². The van der Waals surface area contributed by atoms with Crippen LogP contribution in [-0.4, -0.2) is 22.3 Å². The lowest BCUT2D eigenvalue weighted by Gasteiger charge is -2.01. The minimum absolute atomic E-state index is 0.164. The molecule has 1 aromatic carbocycles. The number of carbonyl (C=O) groups excluding carboxylic acids is 1. The van der Waals surface area contributed by atoms with Crippen LogP contribution in [0.5, 0.6) is 11.5 Å². The molecular formula is C18H15N3O3. The van der Waals surface area contributed by atoms with Crippen molar-refractivity contribution < 1.29 is 14.3 Å². The Hall–Kier alpha value is -3.28. The Morgan fingerprint density at radius 2 is 2.17 bits per heavy atom. The van der Waals surface area contributed by atoms with Gasteiger partial charge in [0.25, 0.3) is 0 Å². The van der Waals surface area contributed by atoms with E-state index >= 15 is 0 Å². The van der Waals surface area contributed by atoms with E-state index in [0.717, 1.165) is 22.4 Å². The monoisotopic (exact) mass is 321 g/mol. The Morgan fingerprint density at radius 3 is 3.12 bits per heavy atom. The Balaban J connectivity index is 1.40. The van der Waals surface area contributed by atoms with Crippen LogP contribution in [0.25, 0.3) is 11.6 Å². The van der Waals surface area contributed by atoms with E-state index in [9.17, 15) is 4.79 Å². The highest BCUT2D eigenvalue weighted by Crippen LogP contribution is 2.32. The predicted octanol–water partition coefficient (Wildman–Crippen LogP) is 2.39. The zero-order valence-corrected chi connectivity index (χ0v) is 12.8. The van der Waals surface area contributed by atoms with Gasteiger partial charge < -0.3 is 14.8 Å². The van der Waals surface area contributed by atoms with Crippen LogP contribution in [0.15, 0.2) is 54.9 Å². The molecule has 0 aliphatic carbocycles. The molecule has 0 bridgehead atoms. The SMILES string of the molecule is O=C(C=Cc1ccc2c(c1)OCO2)NCc1cnn2ccccc12. The van der Waals surface area contributed by atoms with Crippen molar-refractivity contribution in [2.75, 3.05) is 6.79 Å². The van der Waals surface area contributed by atoms with Crippen molar-refractivity contribution in [3.8, 4) is 11.5 Å². The molecule has 1 amide bonds. The molecule has 1 aliphatic rings. The highest BCUT2D eigenvalue weighted by molar-refractivity contribution is 5.91. The second-order valence-electron chi connectivity index (χ2n) is 5.36. The minimum Gasteiger partial charge on any atom is -0.454 e. The van der Waals surface area contributed by atoms with Gasteiger partial charge >= 0.3 is 0 Å². The molecule has 1 N–H and O–H groups in total. The Labute approximate surface area is 138 Å². The van der Waals surface area contributed by atoms with E-state index in [4.69, 9.17) is 9.47 Å². The summed E-state index contributed by atoms with van der Waals surface area (Å²) in [7, 11) is 0.